The Balaban J connectivity index is 1.84. The molecule has 19 heavy (non-hydrogen) atoms. The predicted molar refractivity (Wildman–Crippen MR) is 80.4 cm³/mol. The highest BCUT2D eigenvalue weighted by atomic mass is 32.1. The van der Waals surface area contributed by atoms with Gasteiger partial charge in [-0.3, -0.25) is 5.10 Å². The minimum atomic E-state index is 0.782. The van der Waals surface area contributed by atoms with Gasteiger partial charge in [-0.05, 0) is 24.4 Å². The highest BCUT2D eigenvalue weighted by Crippen LogP contribution is 2.31. The van der Waals surface area contributed by atoms with Crippen molar-refractivity contribution in [3.63, 3.8) is 0 Å². The lowest BCUT2D eigenvalue weighted by Gasteiger charge is -2.10. The molecule has 1 aromatic carbocycles. The van der Waals surface area contributed by atoms with Crippen LogP contribution in [0.5, 0.6) is 0 Å². The maximum absolute atomic E-state index is 4.04. The summed E-state index contributed by atoms with van der Waals surface area (Å²) in [6, 6.07) is 12.6. The maximum Gasteiger partial charge on any atom is 0.0539 e. The van der Waals surface area contributed by atoms with Gasteiger partial charge in [0.2, 0.25) is 0 Å². The van der Waals surface area contributed by atoms with Gasteiger partial charge in [0, 0.05) is 33.9 Å². The standard InChI is InChI=1S/C15H15N3S/c1-11-12(10-17-18-11)9-16-14-6-3-2-5-13(14)15-7-4-8-19-15/h2-8,10,16H,9H2,1H3,(H,17,18). The largest absolute Gasteiger partial charge is 0.380 e. The number of aromatic amines is 1. The molecule has 0 spiro atoms. The van der Waals surface area contributed by atoms with Crippen LogP contribution in [0, 0.1) is 6.92 Å². The Bertz CT molecular complexity index is 656. The van der Waals surface area contributed by atoms with E-state index in [4.69, 9.17) is 0 Å². The van der Waals surface area contributed by atoms with Gasteiger partial charge in [0.1, 0.15) is 0 Å². The Kier molecular flexibility index (Phi) is 3.33. The SMILES string of the molecule is Cc1[nH]ncc1CNc1ccccc1-c1cccs1. The van der Waals surface area contributed by atoms with Gasteiger partial charge in [0.15, 0.2) is 0 Å². The summed E-state index contributed by atoms with van der Waals surface area (Å²) in [6.45, 7) is 2.82. The molecule has 4 heteroatoms. The smallest absolute Gasteiger partial charge is 0.0539 e. The minimum Gasteiger partial charge on any atom is -0.380 e. The summed E-state index contributed by atoms with van der Waals surface area (Å²) in [7, 11) is 0. The van der Waals surface area contributed by atoms with E-state index in [1.165, 1.54) is 16.0 Å². The van der Waals surface area contributed by atoms with Crippen LogP contribution in [0.25, 0.3) is 10.4 Å². The van der Waals surface area contributed by atoms with Crippen LogP contribution in [0.3, 0.4) is 0 Å². The van der Waals surface area contributed by atoms with Crippen molar-refractivity contribution in [1.29, 1.82) is 0 Å². The molecule has 0 radical (unpaired) electrons. The molecule has 0 fully saturated rings. The maximum atomic E-state index is 4.04. The zero-order chi connectivity index (χ0) is 13.1. The lowest BCUT2D eigenvalue weighted by Crippen LogP contribution is -2.00. The van der Waals surface area contributed by atoms with E-state index in [0.29, 0.717) is 0 Å². The third-order valence-corrected chi connectivity index (χ3v) is 4.02. The number of nitrogens with zero attached hydrogens (tertiary/aromatic N) is 1. The van der Waals surface area contributed by atoms with E-state index in [1.54, 1.807) is 11.3 Å². The second-order valence-electron chi connectivity index (χ2n) is 4.40. The molecule has 0 bridgehead atoms. The van der Waals surface area contributed by atoms with Crippen LogP contribution in [0.1, 0.15) is 11.3 Å². The van der Waals surface area contributed by atoms with Crippen molar-refractivity contribution in [2.75, 3.05) is 5.32 Å². The highest BCUT2D eigenvalue weighted by Gasteiger charge is 2.06. The zero-order valence-electron chi connectivity index (χ0n) is 10.7. The molecule has 0 amide bonds. The van der Waals surface area contributed by atoms with Crippen LogP contribution in [-0.4, -0.2) is 10.2 Å². The van der Waals surface area contributed by atoms with Crippen molar-refractivity contribution in [3.8, 4) is 10.4 Å². The van der Waals surface area contributed by atoms with E-state index in [9.17, 15) is 0 Å². The van der Waals surface area contributed by atoms with Crippen LogP contribution in [-0.2, 0) is 6.54 Å². The van der Waals surface area contributed by atoms with Gasteiger partial charge < -0.3 is 5.32 Å². The van der Waals surface area contributed by atoms with Crippen LogP contribution in [0.15, 0.2) is 48.0 Å². The van der Waals surface area contributed by atoms with Crippen molar-refractivity contribution in [1.82, 2.24) is 10.2 Å². The van der Waals surface area contributed by atoms with Crippen molar-refractivity contribution >= 4 is 17.0 Å². The number of benzene rings is 1. The molecule has 3 aromatic rings. The average molecular weight is 269 g/mol. The van der Waals surface area contributed by atoms with E-state index < -0.39 is 0 Å². The molecule has 96 valence electrons. The van der Waals surface area contributed by atoms with E-state index in [1.807, 2.05) is 13.1 Å². The first kappa shape index (κ1) is 12.0. The summed E-state index contributed by atoms with van der Waals surface area (Å²) in [4.78, 5) is 1.28. The van der Waals surface area contributed by atoms with Crippen molar-refractivity contribution in [2.24, 2.45) is 0 Å². The van der Waals surface area contributed by atoms with Crippen LogP contribution in [0.2, 0.25) is 0 Å². The summed E-state index contributed by atoms with van der Waals surface area (Å²) in [5.41, 5.74) is 4.71. The molecule has 0 atom stereocenters. The number of hydrogen-bond donors (Lipinski definition) is 2. The minimum absolute atomic E-state index is 0.782. The van der Waals surface area contributed by atoms with Gasteiger partial charge in [-0.1, -0.05) is 24.3 Å². The van der Waals surface area contributed by atoms with Crippen LogP contribution >= 0.6 is 11.3 Å². The number of rotatable bonds is 4. The van der Waals surface area contributed by atoms with Gasteiger partial charge in [0.05, 0.1) is 6.20 Å². The van der Waals surface area contributed by atoms with Crippen LogP contribution < -0.4 is 5.32 Å². The van der Waals surface area contributed by atoms with Gasteiger partial charge >= 0.3 is 0 Å². The lowest BCUT2D eigenvalue weighted by atomic mass is 10.1. The quantitative estimate of drug-likeness (QED) is 0.750. The lowest BCUT2D eigenvalue weighted by molar-refractivity contribution is 1.04. The van der Waals surface area contributed by atoms with E-state index in [-0.39, 0.29) is 0 Å². The van der Waals surface area contributed by atoms with Crippen LogP contribution in [0.4, 0.5) is 5.69 Å². The first-order chi connectivity index (χ1) is 9.34. The molecular formula is C15H15N3S. The van der Waals surface area contributed by atoms with Gasteiger partial charge in [0.25, 0.3) is 0 Å². The summed E-state index contributed by atoms with van der Waals surface area (Å²) < 4.78 is 0. The average Bonchev–Trinajstić information content (AvgIpc) is 3.08. The molecule has 0 saturated heterocycles. The third-order valence-electron chi connectivity index (χ3n) is 3.12. The van der Waals surface area contributed by atoms with E-state index >= 15 is 0 Å². The number of aromatic nitrogens is 2. The van der Waals surface area contributed by atoms with Gasteiger partial charge in [-0.2, -0.15) is 5.10 Å². The molecule has 2 N–H and O–H groups in total. The first-order valence-corrected chi connectivity index (χ1v) is 7.08. The Morgan fingerprint density at radius 2 is 2.11 bits per heavy atom. The summed E-state index contributed by atoms with van der Waals surface area (Å²) in [5.74, 6) is 0. The van der Waals surface area contributed by atoms with Crippen molar-refractivity contribution < 1.29 is 0 Å². The number of thiophene rings is 1. The van der Waals surface area contributed by atoms with Gasteiger partial charge in [-0.25, -0.2) is 0 Å². The predicted octanol–water partition coefficient (Wildman–Crippen LogP) is 4.06. The Labute approximate surface area is 116 Å². The topological polar surface area (TPSA) is 40.7 Å². The van der Waals surface area contributed by atoms with E-state index in [2.05, 4.69) is 57.3 Å². The fourth-order valence-corrected chi connectivity index (χ4v) is 2.79. The first-order valence-electron chi connectivity index (χ1n) is 6.20. The number of H-pyrrole nitrogens is 1. The summed E-state index contributed by atoms with van der Waals surface area (Å²) >= 11 is 1.76. The fourth-order valence-electron chi connectivity index (χ4n) is 2.03. The second-order valence-corrected chi connectivity index (χ2v) is 5.34. The number of para-hydroxylation sites is 1. The molecule has 0 aliphatic heterocycles. The number of anilines is 1. The van der Waals surface area contributed by atoms with E-state index in [0.717, 1.165) is 17.9 Å². The molecule has 0 aliphatic carbocycles. The zero-order valence-corrected chi connectivity index (χ0v) is 11.5. The molecule has 0 unspecified atom stereocenters. The third kappa shape index (κ3) is 2.53. The number of aryl methyl sites for hydroxylation is 1. The number of hydrogen-bond acceptors (Lipinski definition) is 3. The Morgan fingerprint density at radius 3 is 2.84 bits per heavy atom. The molecule has 0 saturated carbocycles. The molecule has 0 aliphatic rings. The summed E-state index contributed by atoms with van der Waals surface area (Å²) in [5, 5.41) is 12.6. The summed E-state index contributed by atoms with van der Waals surface area (Å²) in [6.07, 6.45) is 1.87. The Morgan fingerprint density at radius 1 is 1.21 bits per heavy atom. The normalized spacial score (nSPS) is 10.6. The fraction of sp³-hybridized carbons (Fsp3) is 0.133. The van der Waals surface area contributed by atoms with Gasteiger partial charge in [-0.15, -0.1) is 11.3 Å². The number of nitrogens with one attached hydrogen (secondary N) is 2. The molecular weight excluding hydrogens is 254 g/mol. The van der Waals surface area contributed by atoms with Crippen molar-refractivity contribution in [3.05, 3.63) is 59.2 Å². The molecule has 3 nitrogen and oxygen atoms in total. The van der Waals surface area contributed by atoms with Crippen molar-refractivity contribution in [2.45, 2.75) is 13.5 Å². The second kappa shape index (κ2) is 5.28. The molecule has 2 aromatic heterocycles. The molecule has 2 heterocycles. The Hall–Kier alpha value is -2.07. The highest BCUT2D eigenvalue weighted by molar-refractivity contribution is 7.13. The monoisotopic (exact) mass is 269 g/mol. The molecule has 3 rings (SSSR count).